The molecule has 0 saturated heterocycles. The standard InChI is InChI=1S/C18H28N2O7P2/c1-5-23-28(21,24-6-2)18(29(22,25-7-3)26-8-4)19-17-14-16(27-20-17)15-12-10-9-11-13-15/h9-14,18H,5-8H2,1-4H3,(H,19,20). The van der Waals surface area contributed by atoms with E-state index in [0.29, 0.717) is 5.76 Å². The molecule has 0 atom stereocenters. The Morgan fingerprint density at radius 3 is 1.83 bits per heavy atom. The molecule has 11 heteroatoms. The SMILES string of the molecule is CCOP(=O)(OCC)C(Nc1cc(-c2ccccc2)on1)P(=O)(OCC)OCC. The first-order chi connectivity index (χ1) is 13.9. The molecule has 0 radical (unpaired) electrons. The van der Waals surface area contributed by atoms with Crippen LogP contribution >= 0.6 is 15.2 Å². The summed E-state index contributed by atoms with van der Waals surface area (Å²) in [4.78, 5) is 0. The minimum atomic E-state index is -3.94. The highest BCUT2D eigenvalue weighted by Gasteiger charge is 2.51. The van der Waals surface area contributed by atoms with Gasteiger partial charge in [0.15, 0.2) is 11.6 Å². The van der Waals surface area contributed by atoms with Crippen LogP contribution in [0.25, 0.3) is 11.3 Å². The van der Waals surface area contributed by atoms with E-state index in [2.05, 4.69) is 10.5 Å². The normalized spacial score (nSPS) is 12.4. The van der Waals surface area contributed by atoms with Crippen LogP contribution < -0.4 is 5.32 Å². The van der Waals surface area contributed by atoms with Gasteiger partial charge in [0.25, 0.3) is 0 Å². The molecule has 162 valence electrons. The summed E-state index contributed by atoms with van der Waals surface area (Å²) in [6.07, 6.45) is 0. The summed E-state index contributed by atoms with van der Waals surface area (Å²) < 4.78 is 54.0. The van der Waals surface area contributed by atoms with Gasteiger partial charge in [-0.25, -0.2) is 0 Å². The lowest BCUT2D eigenvalue weighted by Crippen LogP contribution is -2.25. The van der Waals surface area contributed by atoms with Crippen molar-refractivity contribution in [3.05, 3.63) is 36.4 Å². The van der Waals surface area contributed by atoms with Crippen LogP contribution in [0.3, 0.4) is 0 Å². The summed E-state index contributed by atoms with van der Waals surface area (Å²) in [5.41, 5.74) is -0.608. The highest BCUT2D eigenvalue weighted by Crippen LogP contribution is 2.70. The number of nitrogens with one attached hydrogen (secondary N) is 1. The van der Waals surface area contributed by atoms with Gasteiger partial charge in [0, 0.05) is 11.6 Å². The maximum absolute atomic E-state index is 13.5. The maximum Gasteiger partial charge on any atom is 0.365 e. The predicted molar refractivity (Wildman–Crippen MR) is 111 cm³/mol. The van der Waals surface area contributed by atoms with E-state index in [0.717, 1.165) is 5.56 Å². The van der Waals surface area contributed by atoms with Crippen molar-refractivity contribution in [2.45, 2.75) is 33.2 Å². The van der Waals surface area contributed by atoms with Crippen molar-refractivity contribution >= 4 is 21.0 Å². The largest absolute Gasteiger partial charge is 0.365 e. The third-order valence-corrected chi connectivity index (χ3v) is 9.31. The van der Waals surface area contributed by atoms with Gasteiger partial charge in [-0.15, -0.1) is 0 Å². The summed E-state index contributed by atoms with van der Waals surface area (Å²) in [6, 6.07) is 10.9. The van der Waals surface area contributed by atoms with E-state index in [1.807, 2.05) is 30.3 Å². The predicted octanol–water partition coefficient (Wildman–Crippen LogP) is 5.57. The monoisotopic (exact) mass is 446 g/mol. The first-order valence-corrected chi connectivity index (χ1v) is 12.7. The maximum atomic E-state index is 13.5. The zero-order valence-electron chi connectivity index (χ0n) is 17.1. The van der Waals surface area contributed by atoms with E-state index >= 15 is 0 Å². The highest BCUT2D eigenvalue weighted by molar-refractivity contribution is 7.72. The van der Waals surface area contributed by atoms with Gasteiger partial charge < -0.3 is 27.9 Å². The minimum Gasteiger partial charge on any atom is -0.354 e. The first kappa shape index (κ1) is 23.8. The molecule has 0 spiro atoms. The fourth-order valence-corrected chi connectivity index (χ4v) is 7.54. The summed E-state index contributed by atoms with van der Waals surface area (Å²) in [5.74, 6) is 0.685. The lowest BCUT2D eigenvalue weighted by molar-refractivity contribution is 0.198. The molecule has 1 N–H and O–H groups in total. The fourth-order valence-electron chi connectivity index (χ4n) is 2.62. The first-order valence-electron chi connectivity index (χ1n) is 9.48. The van der Waals surface area contributed by atoms with Crippen molar-refractivity contribution in [2.24, 2.45) is 0 Å². The smallest absolute Gasteiger partial charge is 0.354 e. The fraction of sp³-hybridized carbons (Fsp3) is 0.500. The molecule has 9 nitrogen and oxygen atoms in total. The molecule has 0 saturated carbocycles. The number of aromatic nitrogens is 1. The van der Waals surface area contributed by atoms with Crippen molar-refractivity contribution in [2.75, 3.05) is 31.7 Å². The third-order valence-electron chi connectivity index (χ3n) is 3.68. The van der Waals surface area contributed by atoms with Gasteiger partial charge in [-0.1, -0.05) is 35.5 Å². The Hall–Kier alpha value is -1.47. The summed E-state index contributed by atoms with van der Waals surface area (Å²) in [7, 11) is -7.89. The van der Waals surface area contributed by atoms with E-state index in [1.165, 1.54) is 0 Å². The average Bonchev–Trinajstić information content (AvgIpc) is 3.16. The molecular weight excluding hydrogens is 418 g/mol. The molecular formula is C18H28N2O7P2. The number of hydrogen-bond donors (Lipinski definition) is 1. The van der Waals surface area contributed by atoms with Crippen molar-refractivity contribution in [3.63, 3.8) is 0 Å². The highest BCUT2D eigenvalue weighted by atomic mass is 31.2. The number of anilines is 1. The van der Waals surface area contributed by atoms with Crippen LogP contribution in [0.5, 0.6) is 0 Å². The zero-order valence-corrected chi connectivity index (χ0v) is 18.9. The second-order valence-electron chi connectivity index (χ2n) is 5.71. The van der Waals surface area contributed by atoms with Crippen LogP contribution in [-0.2, 0) is 27.2 Å². The number of hydrogen-bond acceptors (Lipinski definition) is 9. The summed E-state index contributed by atoms with van der Waals surface area (Å²) >= 11 is 0. The Kier molecular flexibility index (Phi) is 9.08. The topological polar surface area (TPSA) is 109 Å². The summed E-state index contributed by atoms with van der Waals surface area (Å²) in [6.45, 7) is 7.00. The number of nitrogens with zero attached hydrogens (tertiary/aromatic N) is 1. The Morgan fingerprint density at radius 2 is 1.38 bits per heavy atom. The second kappa shape index (κ2) is 11.1. The lowest BCUT2D eigenvalue weighted by Gasteiger charge is -2.31. The molecule has 29 heavy (non-hydrogen) atoms. The van der Waals surface area contributed by atoms with E-state index in [-0.39, 0.29) is 32.2 Å². The molecule has 0 amide bonds. The van der Waals surface area contributed by atoms with Crippen molar-refractivity contribution in [1.29, 1.82) is 0 Å². The van der Waals surface area contributed by atoms with Crippen molar-refractivity contribution in [3.8, 4) is 11.3 Å². The average molecular weight is 446 g/mol. The van der Waals surface area contributed by atoms with Gasteiger partial charge in [0.2, 0.25) is 5.52 Å². The van der Waals surface area contributed by atoms with Gasteiger partial charge in [0.05, 0.1) is 26.4 Å². The number of rotatable bonds is 13. The second-order valence-corrected chi connectivity index (χ2v) is 10.3. The lowest BCUT2D eigenvalue weighted by atomic mass is 10.2. The van der Waals surface area contributed by atoms with Crippen LogP contribution in [0.2, 0.25) is 0 Å². The molecule has 0 bridgehead atoms. The van der Waals surface area contributed by atoms with Crippen LogP contribution in [0.15, 0.2) is 40.9 Å². The molecule has 2 rings (SSSR count). The van der Waals surface area contributed by atoms with Crippen molar-refractivity contribution < 1.29 is 31.7 Å². The summed E-state index contributed by atoms with van der Waals surface area (Å²) in [5, 5.41) is 6.81. The Bertz CT molecular complexity index is 794. The van der Waals surface area contributed by atoms with E-state index in [9.17, 15) is 9.13 Å². The van der Waals surface area contributed by atoms with Crippen LogP contribution in [-0.4, -0.2) is 37.1 Å². The molecule has 0 unspecified atom stereocenters. The van der Waals surface area contributed by atoms with Crippen LogP contribution in [0.1, 0.15) is 27.7 Å². The van der Waals surface area contributed by atoms with Gasteiger partial charge in [-0.05, 0) is 27.7 Å². The van der Waals surface area contributed by atoms with Crippen molar-refractivity contribution in [1.82, 2.24) is 5.16 Å². The Balaban J connectivity index is 2.43. The Morgan fingerprint density at radius 1 is 0.897 bits per heavy atom. The molecule has 0 fully saturated rings. The van der Waals surface area contributed by atoms with Gasteiger partial charge in [-0.2, -0.15) is 0 Å². The Labute approximate surface area is 171 Å². The van der Waals surface area contributed by atoms with Gasteiger partial charge in [-0.3, -0.25) is 9.13 Å². The minimum absolute atomic E-state index is 0.0851. The molecule has 2 aromatic rings. The van der Waals surface area contributed by atoms with Crippen LogP contribution in [0, 0.1) is 0 Å². The van der Waals surface area contributed by atoms with Gasteiger partial charge in [0.1, 0.15) is 0 Å². The molecule has 0 aliphatic carbocycles. The van der Waals surface area contributed by atoms with E-state index < -0.39 is 20.7 Å². The molecule has 1 aromatic carbocycles. The molecule has 1 aromatic heterocycles. The van der Waals surface area contributed by atoms with E-state index in [1.54, 1.807) is 33.8 Å². The van der Waals surface area contributed by atoms with Crippen LogP contribution in [0.4, 0.5) is 5.82 Å². The number of benzene rings is 1. The quantitative estimate of drug-likeness (QED) is 0.395. The molecule has 1 heterocycles. The van der Waals surface area contributed by atoms with Gasteiger partial charge >= 0.3 is 15.2 Å². The third kappa shape index (κ3) is 6.01. The molecule has 0 aliphatic rings. The van der Waals surface area contributed by atoms with E-state index in [4.69, 9.17) is 22.6 Å². The zero-order chi connectivity index (χ0) is 21.3. The molecule has 0 aliphatic heterocycles.